The first-order chi connectivity index (χ1) is 10.1. The lowest BCUT2D eigenvalue weighted by atomic mass is 10.2. The van der Waals surface area contributed by atoms with Gasteiger partial charge < -0.3 is 14.4 Å². The lowest BCUT2D eigenvalue weighted by Crippen LogP contribution is -2.39. The van der Waals surface area contributed by atoms with Crippen molar-refractivity contribution >= 4 is 11.9 Å². The molecule has 0 saturated heterocycles. The summed E-state index contributed by atoms with van der Waals surface area (Å²) < 4.78 is 9.76. The summed E-state index contributed by atoms with van der Waals surface area (Å²) in [4.78, 5) is 29.1. The molecule has 1 aromatic rings. The molecular formula is C14H17N3O4. The third-order valence-electron chi connectivity index (χ3n) is 2.59. The molecule has 1 rings (SSSR count). The molecule has 0 unspecified atom stereocenters. The van der Waals surface area contributed by atoms with Crippen molar-refractivity contribution in [1.82, 2.24) is 9.88 Å². The van der Waals surface area contributed by atoms with Crippen molar-refractivity contribution in [1.29, 1.82) is 5.26 Å². The second kappa shape index (κ2) is 8.66. The van der Waals surface area contributed by atoms with Crippen LogP contribution in [0.25, 0.3) is 0 Å². The fourth-order valence-electron chi connectivity index (χ4n) is 1.56. The highest BCUT2D eigenvalue weighted by Gasteiger charge is 2.20. The maximum Gasteiger partial charge on any atom is 0.325 e. The number of rotatable bonds is 7. The zero-order chi connectivity index (χ0) is 15.7. The molecule has 0 fully saturated rings. The van der Waals surface area contributed by atoms with Crippen molar-refractivity contribution in [2.24, 2.45) is 0 Å². The van der Waals surface area contributed by atoms with Crippen molar-refractivity contribution in [2.75, 3.05) is 33.4 Å². The second-order valence-corrected chi connectivity index (χ2v) is 4.07. The molecule has 1 heterocycles. The van der Waals surface area contributed by atoms with Crippen molar-refractivity contribution in [3.8, 4) is 6.07 Å². The molecule has 1 amide bonds. The van der Waals surface area contributed by atoms with Crippen LogP contribution in [0, 0.1) is 11.3 Å². The van der Waals surface area contributed by atoms with Crippen molar-refractivity contribution in [2.45, 2.75) is 6.92 Å². The van der Waals surface area contributed by atoms with Gasteiger partial charge in [0.15, 0.2) is 0 Å². The first-order valence-corrected chi connectivity index (χ1v) is 6.42. The Bertz CT molecular complexity index is 522. The molecule has 0 aliphatic rings. The Hall–Kier alpha value is -2.46. The molecule has 1 aromatic heterocycles. The average molecular weight is 291 g/mol. The van der Waals surface area contributed by atoms with Gasteiger partial charge in [0.1, 0.15) is 18.3 Å². The number of esters is 1. The lowest BCUT2D eigenvalue weighted by molar-refractivity contribution is -0.143. The van der Waals surface area contributed by atoms with E-state index in [1.807, 2.05) is 6.07 Å². The van der Waals surface area contributed by atoms with Gasteiger partial charge in [0.2, 0.25) is 0 Å². The van der Waals surface area contributed by atoms with Crippen LogP contribution in [0.5, 0.6) is 0 Å². The van der Waals surface area contributed by atoms with Gasteiger partial charge in [-0.05, 0) is 19.1 Å². The lowest BCUT2D eigenvalue weighted by Gasteiger charge is -2.20. The van der Waals surface area contributed by atoms with E-state index in [0.717, 1.165) is 0 Å². The summed E-state index contributed by atoms with van der Waals surface area (Å²) in [6, 6.07) is 4.87. The van der Waals surface area contributed by atoms with Gasteiger partial charge >= 0.3 is 5.97 Å². The molecule has 0 bridgehead atoms. The standard InChI is InChI=1S/C14H17N3O4/c1-3-21-13(18)10-17(6-7-20-2)14(19)12-5-4-11(8-15)9-16-12/h4-5,9H,3,6-7,10H2,1-2H3. The smallest absolute Gasteiger partial charge is 0.325 e. The van der Waals surface area contributed by atoms with Gasteiger partial charge in [-0.1, -0.05) is 0 Å². The van der Waals surface area contributed by atoms with E-state index >= 15 is 0 Å². The summed E-state index contributed by atoms with van der Waals surface area (Å²) in [5, 5.41) is 8.71. The third-order valence-corrected chi connectivity index (χ3v) is 2.59. The van der Waals surface area contributed by atoms with Crippen molar-refractivity contribution in [3.63, 3.8) is 0 Å². The number of methoxy groups -OCH3 is 1. The summed E-state index contributed by atoms with van der Waals surface area (Å²) in [5.74, 6) is -0.903. The van der Waals surface area contributed by atoms with Gasteiger partial charge in [0.25, 0.3) is 5.91 Å². The van der Waals surface area contributed by atoms with Crippen LogP contribution in [0.3, 0.4) is 0 Å². The molecule has 112 valence electrons. The molecule has 0 atom stereocenters. The summed E-state index contributed by atoms with van der Waals surface area (Å²) in [6.07, 6.45) is 1.31. The van der Waals surface area contributed by atoms with Gasteiger partial charge in [-0.15, -0.1) is 0 Å². The Kier molecular flexibility index (Phi) is 6.84. The van der Waals surface area contributed by atoms with Gasteiger partial charge in [-0.25, -0.2) is 4.98 Å². The Balaban J connectivity index is 2.82. The number of amides is 1. The minimum atomic E-state index is -0.490. The van der Waals surface area contributed by atoms with E-state index < -0.39 is 11.9 Å². The monoisotopic (exact) mass is 291 g/mol. The van der Waals surface area contributed by atoms with E-state index in [9.17, 15) is 9.59 Å². The Morgan fingerprint density at radius 2 is 2.19 bits per heavy atom. The number of hydrogen-bond donors (Lipinski definition) is 0. The molecule has 0 N–H and O–H groups in total. The van der Waals surface area contributed by atoms with E-state index in [1.54, 1.807) is 6.92 Å². The van der Waals surface area contributed by atoms with Crippen molar-refractivity contribution < 1.29 is 19.1 Å². The van der Waals surface area contributed by atoms with Crippen LogP contribution >= 0.6 is 0 Å². The first-order valence-electron chi connectivity index (χ1n) is 6.42. The fourth-order valence-corrected chi connectivity index (χ4v) is 1.56. The summed E-state index contributed by atoms with van der Waals surface area (Å²) in [7, 11) is 1.51. The number of carbonyl (C=O) groups is 2. The molecule has 0 spiro atoms. The number of nitriles is 1. The van der Waals surface area contributed by atoms with E-state index in [0.29, 0.717) is 12.2 Å². The predicted molar refractivity (Wildman–Crippen MR) is 73.4 cm³/mol. The molecular weight excluding hydrogens is 274 g/mol. The largest absolute Gasteiger partial charge is 0.465 e. The minimum absolute atomic E-state index is 0.161. The van der Waals surface area contributed by atoms with Crippen LogP contribution in [-0.4, -0.2) is 55.2 Å². The number of nitrogens with zero attached hydrogens (tertiary/aromatic N) is 3. The average Bonchev–Trinajstić information content (AvgIpc) is 2.51. The number of ether oxygens (including phenoxy) is 2. The van der Waals surface area contributed by atoms with E-state index in [1.165, 1.54) is 30.3 Å². The minimum Gasteiger partial charge on any atom is -0.465 e. The highest BCUT2D eigenvalue weighted by Crippen LogP contribution is 2.04. The van der Waals surface area contributed by atoms with Crippen LogP contribution in [0.15, 0.2) is 18.3 Å². The SMILES string of the molecule is CCOC(=O)CN(CCOC)C(=O)c1ccc(C#N)cn1. The first kappa shape index (κ1) is 16.6. The van der Waals surface area contributed by atoms with Crippen LogP contribution in [0.4, 0.5) is 0 Å². The summed E-state index contributed by atoms with van der Waals surface area (Å²) >= 11 is 0. The van der Waals surface area contributed by atoms with Crippen LogP contribution < -0.4 is 0 Å². The van der Waals surface area contributed by atoms with Crippen LogP contribution in [0.1, 0.15) is 23.0 Å². The third kappa shape index (κ3) is 5.20. The predicted octanol–water partition coefficient (Wildman–Crippen LogP) is 0.605. The summed E-state index contributed by atoms with van der Waals surface area (Å²) in [6.45, 7) is 2.32. The summed E-state index contributed by atoms with van der Waals surface area (Å²) in [5.41, 5.74) is 0.523. The van der Waals surface area contributed by atoms with Gasteiger partial charge in [-0.3, -0.25) is 9.59 Å². The Labute approximate surface area is 123 Å². The van der Waals surface area contributed by atoms with Gasteiger partial charge in [-0.2, -0.15) is 5.26 Å². The zero-order valence-corrected chi connectivity index (χ0v) is 12.0. The van der Waals surface area contributed by atoms with Crippen molar-refractivity contribution in [3.05, 3.63) is 29.6 Å². The van der Waals surface area contributed by atoms with Gasteiger partial charge in [0, 0.05) is 19.9 Å². The Morgan fingerprint density at radius 1 is 1.43 bits per heavy atom. The zero-order valence-electron chi connectivity index (χ0n) is 12.0. The topological polar surface area (TPSA) is 92.5 Å². The van der Waals surface area contributed by atoms with E-state index in [2.05, 4.69) is 4.98 Å². The maximum atomic E-state index is 12.3. The Morgan fingerprint density at radius 3 is 2.71 bits per heavy atom. The van der Waals surface area contributed by atoms with E-state index in [4.69, 9.17) is 14.7 Å². The molecule has 21 heavy (non-hydrogen) atoms. The number of pyridine rings is 1. The second-order valence-electron chi connectivity index (χ2n) is 4.07. The molecule has 7 nitrogen and oxygen atoms in total. The highest BCUT2D eigenvalue weighted by molar-refractivity contribution is 5.94. The maximum absolute atomic E-state index is 12.3. The number of hydrogen-bond acceptors (Lipinski definition) is 6. The van der Waals surface area contributed by atoms with Gasteiger partial charge in [0.05, 0.1) is 18.8 Å². The molecule has 0 aromatic carbocycles. The quantitative estimate of drug-likeness (QED) is 0.683. The molecule has 0 saturated carbocycles. The number of aromatic nitrogens is 1. The molecule has 0 aliphatic heterocycles. The fraction of sp³-hybridized carbons (Fsp3) is 0.429. The van der Waals surface area contributed by atoms with E-state index in [-0.39, 0.29) is 25.4 Å². The van der Waals surface area contributed by atoms with Crippen LogP contribution in [0.2, 0.25) is 0 Å². The number of carbonyl (C=O) groups excluding carboxylic acids is 2. The molecule has 7 heteroatoms. The molecule has 0 aliphatic carbocycles. The highest BCUT2D eigenvalue weighted by atomic mass is 16.5. The van der Waals surface area contributed by atoms with Crippen LogP contribution in [-0.2, 0) is 14.3 Å². The molecule has 0 radical (unpaired) electrons. The normalized spacial score (nSPS) is 9.76.